The fourth-order valence-corrected chi connectivity index (χ4v) is 2.75. The predicted octanol–water partition coefficient (Wildman–Crippen LogP) is 4.10. The van der Waals surface area contributed by atoms with Gasteiger partial charge in [0.25, 0.3) is 0 Å². The summed E-state index contributed by atoms with van der Waals surface area (Å²) in [5.74, 6) is -0.569. The van der Waals surface area contributed by atoms with Crippen LogP contribution < -0.4 is 11.5 Å². The van der Waals surface area contributed by atoms with Gasteiger partial charge in [0.2, 0.25) is 0 Å². The largest absolute Gasteiger partial charge is 0.398 e. The Kier molecular flexibility index (Phi) is 3.68. The van der Waals surface area contributed by atoms with E-state index in [2.05, 4.69) is 0 Å². The second kappa shape index (κ2) is 5.08. The predicted molar refractivity (Wildman–Crippen MR) is 75.5 cm³/mol. The van der Waals surface area contributed by atoms with Crippen LogP contribution in [0.2, 0.25) is 5.02 Å². The number of rotatable bonds is 2. The molecule has 0 heterocycles. The molecule has 18 heavy (non-hydrogen) atoms. The summed E-state index contributed by atoms with van der Waals surface area (Å²) in [7, 11) is 0. The van der Waals surface area contributed by atoms with Crippen molar-refractivity contribution in [1.82, 2.24) is 0 Å². The van der Waals surface area contributed by atoms with Gasteiger partial charge in [0, 0.05) is 4.90 Å². The van der Waals surface area contributed by atoms with Crippen LogP contribution in [-0.2, 0) is 0 Å². The molecule has 4 N–H and O–H groups in total. The molecule has 2 aromatic carbocycles. The first-order valence-corrected chi connectivity index (χ1v) is 6.46. The average Bonchev–Trinajstić information content (AvgIpc) is 2.32. The maximum atomic E-state index is 14.0. The van der Waals surface area contributed by atoms with Crippen LogP contribution in [0, 0.1) is 12.7 Å². The third-order valence-corrected chi connectivity index (χ3v) is 3.92. The molecule has 0 aliphatic carbocycles. The SMILES string of the molecule is Cc1cccc(Sc2c(N)cc(N)c(Cl)c2F)c1. The van der Waals surface area contributed by atoms with E-state index in [9.17, 15) is 4.39 Å². The molecule has 0 aliphatic rings. The van der Waals surface area contributed by atoms with Crippen molar-refractivity contribution in [3.05, 3.63) is 46.7 Å². The highest BCUT2D eigenvalue weighted by atomic mass is 35.5. The summed E-state index contributed by atoms with van der Waals surface area (Å²) in [5.41, 5.74) is 12.9. The first-order chi connectivity index (χ1) is 8.49. The highest BCUT2D eigenvalue weighted by molar-refractivity contribution is 7.99. The number of hydrogen-bond donors (Lipinski definition) is 2. The van der Waals surface area contributed by atoms with E-state index < -0.39 is 5.82 Å². The molecule has 2 aromatic rings. The monoisotopic (exact) mass is 282 g/mol. The molecule has 0 aromatic heterocycles. The third kappa shape index (κ3) is 2.54. The Morgan fingerprint density at radius 1 is 1.17 bits per heavy atom. The molecule has 0 atom stereocenters. The van der Waals surface area contributed by atoms with Gasteiger partial charge in [0.1, 0.15) is 5.02 Å². The smallest absolute Gasteiger partial charge is 0.159 e. The summed E-state index contributed by atoms with van der Waals surface area (Å²) >= 11 is 7.02. The van der Waals surface area contributed by atoms with Crippen molar-refractivity contribution in [2.75, 3.05) is 11.5 Å². The molecule has 5 heteroatoms. The van der Waals surface area contributed by atoms with E-state index in [1.165, 1.54) is 17.8 Å². The molecular weight excluding hydrogens is 271 g/mol. The third-order valence-electron chi connectivity index (χ3n) is 2.43. The lowest BCUT2D eigenvalue weighted by Gasteiger charge is -2.10. The molecule has 0 radical (unpaired) electrons. The van der Waals surface area contributed by atoms with Gasteiger partial charge in [-0.1, -0.05) is 41.1 Å². The van der Waals surface area contributed by atoms with Gasteiger partial charge in [-0.05, 0) is 25.1 Å². The Balaban J connectivity index is 2.44. The van der Waals surface area contributed by atoms with Crippen LogP contribution in [0.3, 0.4) is 0 Å². The van der Waals surface area contributed by atoms with Crippen molar-refractivity contribution in [3.63, 3.8) is 0 Å². The standard InChI is InChI=1S/C13H12ClFN2S/c1-7-3-2-4-8(5-7)18-13-10(17)6-9(16)11(14)12(13)15/h2-6H,16-17H2,1H3. The quantitative estimate of drug-likeness (QED) is 0.815. The Hall–Kier alpha value is -1.39. The van der Waals surface area contributed by atoms with Crippen LogP contribution in [0.1, 0.15) is 5.56 Å². The van der Waals surface area contributed by atoms with Gasteiger partial charge in [-0.3, -0.25) is 0 Å². The van der Waals surface area contributed by atoms with Gasteiger partial charge in [-0.15, -0.1) is 0 Å². The van der Waals surface area contributed by atoms with E-state index in [1.807, 2.05) is 31.2 Å². The lowest BCUT2D eigenvalue weighted by molar-refractivity contribution is 0.604. The topological polar surface area (TPSA) is 52.0 Å². The summed E-state index contributed by atoms with van der Waals surface area (Å²) < 4.78 is 14.0. The molecule has 0 bridgehead atoms. The van der Waals surface area contributed by atoms with E-state index in [0.29, 0.717) is 10.6 Å². The number of halogens is 2. The fourth-order valence-electron chi connectivity index (χ4n) is 1.55. The molecule has 0 spiro atoms. The van der Waals surface area contributed by atoms with Crippen molar-refractivity contribution in [2.45, 2.75) is 16.7 Å². The number of benzene rings is 2. The number of aryl methyl sites for hydroxylation is 1. The zero-order valence-electron chi connectivity index (χ0n) is 9.71. The van der Waals surface area contributed by atoms with Crippen molar-refractivity contribution in [1.29, 1.82) is 0 Å². The molecule has 2 nitrogen and oxygen atoms in total. The Morgan fingerprint density at radius 3 is 2.56 bits per heavy atom. The van der Waals surface area contributed by atoms with Crippen LogP contribution in [0.15, 0.2) is 40.1 Å². The second-order valence-electron chi connectivity index (χ2n) is 3.93. The first kappa shape index (κ1) is 13.1. The molecule has 0 aliphatic heterocycles. The van der Waals surface area contributed by atoms with Gasteiger partial charge in [0.15, 0.2) is 5.82 Å². The number of nitrogen functional groups attached to an aromatic ring is 2. The summed E-state index contributed by atoms with van der Waals surface area (Å²) in [4.78, 5) is 1.21. The minimum Gasteiger partial charge on any atom is -0.398 e. The Morgan fingerprint density at radius 2 is 1.89 bits per heavy atom. The maximum absolute atomic E-state index is 14.0. The number of anilines is 2. The van der Waals surface area contributed by atoms with E-state index in [0.717, 1.165) is 10.5 Å². The number of nitrogens with two attached hydrogens (primary N) is 2. The molecular formula is C13H12ClFN2S. The zero-order valence-corrected chi connectivity index (χ0v) is 11.3. The van der Waals surface area contributed by atoms with Gasteiger partial charge >= 0.3 is 0 Å². The van der Waals surface area contributed by atoms with Crippen LogP contribution in [0.5, 0.6) is 0 Å². The van der Waals surface area contributed by atoms with Crippen LogP contribution in [-0.4, -0.2) is 0 Å². The maximum Gasteiger partial charge on any atom is 0.159 e. The molecule has 0 fully saturated rings. The van der Waals surface area contributed by atoms with E-state index in [1.54, 1.807) is 0 Å². The van der Waals surface area contributed by atoms with Gasteiger partial charge < -0.3 is 11.5 Å². The van der Waals surface area contributed by atoms with Gasteiger partial charge in [-0.2, -0.15) is 0 Å². The molecule has 0 amide bonds. The minimum absolute atomic E-state index is 0.0839. The van der Waals surface area contributed by atoms with Crippen LogP contribution in [0.4, 0.5) is 15.8 Å². The first-order valence-electron chi connectivity index (χ1n) is 5.26. The van der Waals surface area contributed by atoms with E-state index in [4.69, 9.17) is 23.1 Å². The fraction of sp³-hybridized carbons (Fsp3) is 0.0769. The van der Waals surface area contributed by atoms with E-state index >= 15 is 0 Å². The highest BCUT2D eigenvalue weighted by Gasteiger charge is 2.15. The zero-order chi connectivity index (χ0) is 13.3. The van der Waals surface area contributed by atoms with Crippen LogP contribution in [0.25, 0.3) is 0 Å². The molecule has 0 saturated heterocycles. The van der Waals surface area contributed by atoms with Crippen molar-refractivity contribution < 1.29 is 4.39 Å². The summed E-state index contributed by atoms with van der Waals surface area (Å²) in [6, 6.07) is 9.20. The molecule has 0 unspecified atom stereocenters. The van der Waals surface area contributed by atoms with Gasteiger partial charge in [-0.25, -0.2) is 4.39 Å². The summed E-state index contributed by atoms with van der Waals surface area (Å²) in [5, 5.41) is -0.0839. The lowest BCUT2D eigenvalue weighted by atomic mass is 10.2. The molecule has 94 valence electrons. The van der Waals surface area contributed by atoms with Crippen molar-refractivity contribution in [2.24, 2.45) is 0 Å². The molecule has 2 rings (SSSR count). The Bertz CT molecular complexity index is 602. The highest BCUT2D eigenvalue weighted by Crippen LogP contribution is 2.39. The minimum atomic E-state index is -0.569. The second-order valence-corrected chi connectivity index (χ2v) is 5.39. The molecule has 0 saturated carbocycles. The van der Waals surface area contributed by atoms with E-state index in [-0.39, 0.29) is 10.7 Å². The van der Waals surface area contributed by atoms with Crippen LogP contribution >= 0.6 is 23.4 Å². The van der Waals surface area contributed by atoms with Crippen molar-refractivity contribution in [3.8, 4) is 0 Å². The summed E-state index contributed by atoms with van der Waals surface area (Å²) in [6.45, 7) is 1.97. The lowest BCUT2D eigenvalue weighted by Crippen LogP contribution is -1.98. The van der Waals surface area contributed by atoms with Crippen molar-refractivity contribution >= 4 is 34.7 Å². The number of hydrogen-bond acceptors (Lipinski definition) is 3. The Labute approximate surface area is 114 Å². The summed E-state index contributed by atoms with van der Waals surface area (Å²) in [6.07, 6.45) is 0. The normalized spacial score (nSPS) is 10.6. The van der Waals surface area contributed by atoms with Gasteiger partial charge in [0.05, 0.1) is 16.3 Å². The average molecular weight is 283 g/mol.